The summed E-state index contributed by atoms with van der Waals surface area (Å²) in [6.45, 7) is -0.318. The number of carbonyl (C=O) groups is 2. The first-order chi connectivity index (χ1) is 16.5. The second-order valence-electron chi connectivity index (χ2n) is 7.62. The van der Waals surface area contributed by atoms with Gasteiger partial charge >= 0.3 is 12.1 Å². The van der Waals surface area contributed by atoms with Crippen LogP contribution in [0.4, 0.5) is 18.9 Å². The van der Waals surface area contributed by atoms with Crippen LogP contribution >= 0.6 is 15.9 Å². The first-order valence-corrected chi connectivity index (χ1v) is 12.4. The molecule has 0 N–H and O–H groups in total. The van der Waals surface area contributed by atoms with Crippen LogP contribution in [0.3, 0.4) is 0 Å². The third-order valence-electron chi connectivity index (χ3n) is 5.58. The predicted octanol–water partition coefficient (Wildman–Crippen LogP) is 3.07. The van der Waals surface area contributed by atoms with Crippen LogP contribution in [0, 0.1) is 0 Å². The Hall–Kier alpha value is -3.13. The van der Waals surface area contributed by atoms with Gasteiger partial charge in [-0.1, -0.05) is 15.9 Å². The van der Waals surface area contributed by atoms with Gasteiger partial charge in [-0.2, -0.15) is 30.8 Å². The lowest BCUT2D eigenvalue weighted by molar-refractivity contribution is -0.185. The number of aldehydes is 1. The number of amides is 1. The van der Waals surface area contributed by atoms with Crippen molar-refractivity contribution in [3.8, 4) is 5.75 Å². The largest absolute Gasteiger partial charge is 0.495 e. The molecule has 2 aromatic carbocycles. The van der Waals surface area contributed by atoms with Gasteiger partial charge < -0.3 is 14.5 Å². The van der Waals surface area contributed by atoms with Gasteiger partial charge in [-0.05, 0) is 36.4 Å². The molecule has 1 amide bonds. The quantitative estimate of drug-likeness (QED) is 0.431. The summed E-state index contributed by atoms with van der Waals surface area (Å²) >= 11 is 3.28. The van der Waals surface area contributed by atoms with Crippen molar-refractivity contribution in [1.29, 1.82) is 0 Å². The van der Waals surface area contributed by atoms with E-state index in [0.717, 1.165) is 4.09 Å². The summed E-state index contributed by atoms with van der Waals surface area (Å²) in [5.74, 6) is -1.61. The molecule has 0 aliphatic carbocycles. The van der Waals surface area contributed by atoms with Crippen molar-refractivity contribution < 1.29 is 35.9 Å². The average molecular weight is 575 g/mol. The van der Waals surface area contributed by atoms with Crippen molar-refractivity contribution in [3.05, 3.63) is 46.6 Å². The molecule has 9 nitrogen and oxygen atoms in total. The number of fused-ring (bicyclic) bond motifs is 1. The lowest BCUT2D eigenvalue weighted by Gasteiger charge is -2.36. The Balaban J connectivity index is 1.71. The highest BCUT2D eigenvalue weighted by Gasteiger charge is 2.43. The lowest BCUT2D eigenvalue weighted by Crippen LogP contribution is -2.52. The molecule has 1 fully saturated rings. The molecule has 0 radical (unpaired) electrons. The van der Waals surface area contributed by atoms with E-state index in [1.807, 2.05) is 0 Å². The summed E-state index contributed by atoms with van der Waals surface area (Å²) in [5.41, 5.74) is 0.481. The minimum absolute atomic E-state index is 0.0363. The van der Waals surface area contributed by atoms with E-state index in [4.69, 9.17) is 4.74 Å². The third kappa shape index (κ3) is 4.59. The predicted molar refractivity (Wildman–Crippen MR) is 123 cm³/mol. The molecule has 2 heterocycles. The SMILES string of the molecule is COc1ccc(S(=O)(=O)n2nc(C=O)c3ccc(Br)cc32)cc1N1CCN(C(=O)C(F)(F)F)CC1. The molecule has 35 heavy (non-hydrogen) atoms. The Bertz CT molecular complexity index is 1420. The fraction of sp³-hybridized carbons (Fsp3) is 0.286. The number of rotatable bonds is 5. The molecule has 0 saturated carbocycles. The van der Waals surface area contributed by atoms with Crippen LogP contribution in [-0.4, -0.2) is 74.2 Å². The van der Waals surface area contributed by atoms with Gasteiger partial charge in [-0.25, -0.2) is 0 Å². The van der Waals surface area contributed by atoms with E-state index < -0.39 is 22.1 Å². The van der Waals surface area contributed by atoms with Gasteiger partial charge in [0.15, 0.2) is 6.29 Å². The number of halogens is 4. The minimum Gasteiger partial charge on any atom is -0.495 e. The summed E-state index contributed by atoms with van der Waals surface area (Å²) < 4.78 is 72.0. The van der Waals surface area contributed by atoms with Crippen molar-refractivity contribution in [2.75, 3.05) is 38.2 Å². The molecule has 0 atom stereocenters. The van der Waals surface area contributed by atoms with Crippen molar-refractivity contribution in [2.45, 2.75) is 11.1 Å². The number of methoxy groups -OCH3 is 1. The van der Waals surface area contributed by atoms with E-state index in [0.29, 0.717) is 32.5 Å². The monoisotopic (exact) mass is 574 g/mol. The van der Waals surface area contributed by atoms with E-state index in [-0.39, 0.29) is 42.3 Å². The number of benzene rings is 2. The first kappa shape index (κ1) is 25.0. The number of hydrogen-bond donors (Lipinski definition) is 0. The zero-order valence-corrected chi connectivity index (χ0v) is 20.5. The van der Waals surface area contributed by atoms with Crippen molar-refractivity contribution in [3.63, 3.8) is 0 Å². The van der Waals surface area contributed by atoms with E-state index in [2.05, 4.69) is 21.0 Å². The summed E-state index contributed by atoms with van der Waals surface area (Å²) in [4.78, 5) is 25.2. The fourth-order valence-electron chi connectivity index (χ4n) is 3.86. The number of aromatic nitrogens is 2. The number of hydrogen-bond acceptors (Lipinski definition) is 7. The van der Waals surface area contributed by atoms with Gasteiger partial charge in [-0.3, -0.25) is 9.59 Å². The lowest BCUT2D eigenvalue weighted by atomic mass is 10.2. The van der Waals surface area contributed by atoms with Gasteiger partial charge in [0.2, 0.25) is 0 Å². The van der Waals surface area contributed by atoms with Crippen LogP contribution in [0.5, 0.6) is 5.75 Å². The van der Waals surface area contributed by atoms with E-state index >= 15 is 0 Å². The number of ether oxygens (including phenoxy) is 1. The molecular formula is C21H18BrF3N4O5S. The Morgan fingerprint density at radius 3 is 2.40 bits per heavy atom. The fourth-order valence-corrected chi connectivity index (χ4v) is 5.52. The Morgan fingerprint density at radius 2 is 1.80 bits per heavy atom. The van der Waals surface area contributed by atoms with Crippen LogP contribution < -0.4 is 9.64 Å². The molecule has 1 saturated heterocycles. The van der Waals surface area contributed by atoms with Crippen LogP contribution in [0.2, 0.25) is 0 Å². The van der Waals surface area contributed by atoms with Crippen molar-refractivity contribution in [2.24, 2.45) is 0 Å². The Morgan fingerprint density at radius 1 is 1.11 bits per heavy atom. The van der Waals surface area contributed by atoms with E-state index in [9.17, 15) is 31.2 Å². The van der Waals surface area contributed by atoms with Crippen LogP contribution in [-0.2, 0) is 14.8 Å². The number of alkyl halides is 3. The van der Waals surface area contributed by atoms with Crippen LogP contribution in [0.25, 0.3) is 10.9 Å². The molecule has 1 aromatic heterocycles. The number of carbonyl (C=O) groups excluding carboxylic acids is 2. The second-order valence-corrected chi connectivity index (χ2v) is 10.3. The maximum absolute atomic E-state index is 13.5. The first-order valence-electron chi connectivity index (χ1n) is 10.2. The van der Waals surface area contributed by atoms with Crippen LogP contribution in [0.15, 0.2) is 45.8 Å². The third-order valence-corrected chi connectivity index (χ3v) is 7.65. The summed E-state index contributed by atoms with van der Waals surface area (Å²) in [6, 6.07) is 8.83. The number of nitrogens with zero attached hydrogens (tertiary/aromatic N) is 4. The minimum atomic E-state index is -4.96. The molecule has 0 bridgehead atoms. The van der Waals surface area contributed by atoms with Crippen molar-refractivity contribution in [1.82, 2.24) is 14.1 Å². The molecule has 0 unspecified atom stereocenters. The summed E-state index contributed by atoms with van der Waals surface area (Å²) in [6.07, 6.45) is -4.50. The molecule has 14 heteroatoms. The molecule has 0 spiro atoms. The molecule has 1 aliphatic rings. The topological polar surface area (TPSA) is 102 Å². The van der Waals surface area contributed by atoms with Crippen LogP contribution in [0.1, 0.15) is 10.5 Å². The molecular weight excluding hydrogens is 557 g/mol. The zero-order valence-electron chi connectivity index (χ0n) is 18.1. The molecule has 186 valence electrons. The second kappa shape index (κ2) is 9.15. The van der Waals surface area contributed by atoms with Crippen molar-refractivity contribution >= 4 is 54.7 Å². The van der Waals surface area contributed by atoms with Gasteiger partial charge in [0.25, 0.3) is 10.0 Å². The molecule has 4 rings (SSSR count). The maximum atomic E-state index is 13.5. The Kier molecular flexibility index (Phi) is 6.53. The van der Waals surface area contributed by atoms with Gasteiger partial charge in [0.1, 0.15) is 11.4 Å². The molecule has 3 aromatic rings. The van der Waals surface area contributed by atoms with Gasteiger partial charge in [-0.15, -0.1) is 0 Å². The normalized spacial score (nSPS) is 14.9. The number of anilines is 1. The summed E-state index contributed by atoms with van der Waals surface area (Å²) in [5, 5.41) is 4.33. The standard InChI is InChI=1S/C21H18BrF3N4O5S/c1-34-19-5-3-14(11-18(19)27-6-8-28(9-7-27)20(31)21(23,24)25)35(32,33)29-17-10-13(22)2-4-15(17)16(12-30)26-29/h2-5,10-12H,6-9H2,1H3. The summed E-state index contributed by atoms with van der Waals surface area (Å²) in [7, 11) is -2.89. The molecule has 1 aliphatic heterocycles. The van der Waals surface area contributed by atoms with Gasteiger partial charge in [0, 0.05) is 36.0 Å². The van der Waals surface area contributed by atoms with Gasteiger partial charge in [0.05, 0.1) is 23.2 Å². The maximum Gasteiger partial charge on any atom is 0.471 e. The highest BCUT2D eigenvalue weighted by atomic mass is 79.9. The smallest absolute Gasteiger partial charge is 0.471 e. The zero-order chi connectivity index (χ0) is 25.5. The number of piperazine rings is 1. The average Bonchev–Trinajstić information content (AvgIpc) is 3.21. The highest BCUT2D eigenvalue weighted by Crippen LogP contribution is 2.34. The van der Waals surface area contributed by atoms with E-state index in [1.165, 1.54) is 31.4 Å². The highest BCUT2D eigenvalue weighted by molar-refractivity contribution is 9.10. The van der Waals surface area contributed by atoms with E-state index in [1.54, 1.807) is 17.0 Å². The Labute approximate surface area is 206 Å².